The van der Waals surface area contributed by atoms with Crippen molar-refractivity contribution >= 4 is 5.91 Å². The van der Waals surface area contributed by atoms with E-state index in [4.69, 9.17) is 9.47 Å². The summed E-state index contributed by atoms with van der Waals surface area (Å²) in [6, 6.07) is 19.7. The zero-order valence-corrected chi connectivity index (χ0v) is 16.6. The molecule has 2 heterocycles. The number of carbonyl (C=O) groups excluding carboxylic acids is 1. The van der Waals surface area contributed by atoms with Crippen molar-refractivity contribution in [3.63, 3.8) is 0 Å². The topological polar surface area (TPSA) is 52.5 Å². The van der Waals surface area contributed by atoms with Gasteiger partial charge < -0.3 is 19.4 Å². The van der Waals surface area contributed by atoms with Gasteiger partial charge in [0.25, 0.3) is 5.91 Å². The summed E-state index contributed by atoms with van der Waals surface area (Å²) >= 11 is 0. The van der Waals surface area contributed by atoms with Crippen molar-refractivity contribution in [1.29, 1.82) is 0 Å². The summed E-state index contributed by atoms with van der Waals surface area (Å²) in [6.45, 7) is 1.91. The van der Waals surface area contributed by atoms with Crippen molar-refractivity contribution in [2.75, 3.05) is 26.9 Å². The quantitative estimate of drug-likeness (QED) is 0.693. The van der Waals surface area contributed by atoms with Gasteiger partial charge in [-0.05, 0) is 55.3 Å². The summed E-state index contributed by atoms with van der Waals surface area (Å²) in [4.78, 5) is 12.8. The average Bonchev–Trinajstić information content (AvgIpc) is 3.33. The monoisotopic (exact) mass is 390 g/mol. The average molecular weight is 390 g/mol. The first-order valence-electron chi connectivity index (χ1n) is 9.95. The summed E-state index contributed by atoms with van der Waals surface area (Å²) in [5.41, 5.74) is 2.63. The van der Waals surface area contributed by atoms with Gasteiger partial charge >= 0.3 is 0 Å². The normalized spacial score (nSPS) is 15.6. The van der Waals surface area contributed by atoms with Crippen molar-refractivity contribution in [2.45, 2.75) is 18.3 Å². The van der Waals surface area contributed by atoms with Gasteiger partial charge in [0.15, 0.2) is 0 Å². The van der Waals surface area contributed by atoms with E-state index in [-0.39, 0.29) is 11.3 Å². The molecule has 1 aromatic heterocycles. The van der Waals surface area contributed by atoms with Gasteiger partial charge in [0.2, 0.25) is 0 Å². The molecule has 0 unspecified atom stereocenters. The molecule has 150 valence electrons. The third kappa shape index (κ3) is 4.05. The molecule has 1 fully saturated rings. The Bertz CT molecular complexity index is 943. The molecule has 4 rings (SSSR count). The van der Waals surface area contributed by atoms with Gasteiger partial charge in [-0.15, -0.1) is 0 Å². The van der Waals surface area contributed by atoms with E-state index < -0.39 is 0 Å². The first kappa shape index (κ1) is 19.3. The van der Waals surface area contributed by atoms with E-state index in [9.17, 15) is 4.79 Å². The molecule has 0 saturated carbocycles. The lowest BCUT2D eigenvalue weighted by Crippen LogP contribution is -2.44. The third-order valence-electron chi connectivity index (χ3n) is 5.75. The number of hydrogen-bond acceptors (Lipinski definition) is 3. The molecule has 2 aromatic carbocycles. The van der Waals surface area contributed by atoms with Crippen LogP contribution in [0, 0.1) is 0 Å². The Labute approximate surface area is 171 Å². The number of benzene rings is 2. The first-order chi connectivity index (χ1) is 14.2. The van der Waals surface area contributed by atoms with Crippen molar-refractivity contribution in [3.05, 3.63) is 84.2 Å². The zero-order valence-electron chi connectivity index (χ0n) is 16.6. The molecular weight excluding hydrogens is 364 g/mol. The predicted octanol–water partition coefficient (Wildman–Crippen LogP) is 3.96. The minimum absolute atomic E-state index is 0.0650. The number of rotatable bonds is 6. The maximum atomic E-state index is 12.8. The summed E-state index contributed by atoms with van der Waals surface area (Å²) < 4.78 is 13.2. The zero-order chi connectivity index (χ0) is 20.1. The molecule has 0 aliphatic carbocycles. The van der Waals surface area contributed by atoms with Gasteiger partial charge in [0.1, 0.15) is 5.75 Å². The van der Waals surface area contributed by atoms with Crippen LogP contribution < -0.4 is 10.1 Å². The molecule has 3 aromatic rings. The van der Waals surface area contributed by atoms with Crippen molar-refractivity contribution in [3.8, 4) is 11.4 Å². The van der Waals surface area contributed by atoms with Gasteiger partial charge in [-0.25, -0.2) is 0 Å². The lowest BCUT2D eigenvalue weighted by Gasteiger charge is -2.38. The van der Waals surface area contributed by atoms with Crippen LogP contribution in [0.5, 0.6) is 5.75 Å². The van der Waals surface area contributed by atoms with E-state index in [0.29, 0.717) is 25.3 Å². The number of ether oxygens (including phenoxy) is 2. The maximum Gasteiger partial charge on any atom is 0.251 e. The largest absolute Gasteiger partial charge is 0.496 e. The SMILES string of the molecule is COc1ccccc1C1(CNC(=O)c2ccc(-n3cccc3)cc2)CCOCC1. The second kappa shape index (κ2) is 8.53. The Morgan fingerprint density at radius 1 is 1.03 bits per heavy atom. The number of carbonyl (C=O) groups is 1. The molecule has 1 aliphatic rings. The van der Waals surface area contributed by atoms with E-state index in [2.05, 4.69) is 11.4 Å². The second-order valence-corrected chi connectivity index (χ2v) is 7.41. The molecule has 0 atom stereocenters. The number of nitrogens with one attached hydrogen (secondary N) is 1. The molecule has 5 nitrogen and oxygen atoms in total. The molecular formula is C24H26N2O3. The van der Waals surface area contributed by atoms with E-state index >= 15 is 0 Å². The molecule has 5 heteroatoms. The number of nitrogens with zero attached hydrogens (tertiary/aromatic N) is 1. The van der Waals surface area contributed by atoms with Gasteiger partial charge in [-0.1, -0.05) is 18.2 Å². The van der Waals surface area contributed by atoms with E-state index in [1.165, 1.54) is 0 Å². The molecule has 0 bridgehead atoms. The standard InChI is InChI=1S/C24H26N2O3/c1-28-22-7-3-2-6-21(22)24(12-16-29-17-13-24)18-25-23(27)19-8-10-20(11-9-19)26-14-4-5-15-26/h2-11,14-15H,12-13,16-18H2,1H3,(H,25,27). The highest BCUT2D eigenvalue weighted by atomic mass is 16.5. The summed E-state index contributed by atoms with van der Waals surface area (Å²) in [5.74, 6) is 0.796. The van der Waals surface area contributed by atoms with Crippen LogP contribution in [0.3, 0.4) is 0 Å². The Balaban J connectivity index is 1.51. The highest BCUT2D eigenvalue weighted by Gasteiger charge is 2.37. The van der Waals surface area contributed by atoms with Crippen LogP contribution in [-0.2, 0) is 10.2 Å². The molecule has 29 heavy (non-hydrogen) atoms. The lowest BCUT2D eigenvalue weighted by atomic mass is 9.73. The highest BCUT2D eigenvalue weighted by molar-refractivity contribution is 5.94. The Morgan fingerprint density at radius 2 is 1.72 bits per heavy atom. The van der Waals surface area contributed by atoms with Gasteiger partial charge in [-0.2, -0.15) is 0 Å². The van der Waals surface area contributed by atoms with Crippen LogP contribution in [0.2, 0.25) is 0 Å². The number of amides is 1. The van der Waals surface area contributed by atoms with Crippen LogP contribution in [0.1, 0.15) is 28.8 Å². The minimum atomic E-state index is -0.189. The summed E-state index contributed by atoms with van der Waals surface area (Å²) in [7, 11) is 1.69. The highest BCUT2D eigenvalue weighted by Crippen LogP contribution is 2.39. The molecule has 1 amide bonds. The smallest absolute Gasteiger partial charge is 0.251 e. The van der Waals surface area contributed by atoms with Crippen LogP contribution in [-0.4, -0.2) is 37.3 Å². The fourth-order valence-corrected chi connectivity index (χ4v) is 4.03. The van der Waals surface area contributed by atoms with E-state index in [1.807, 2.05) is 71.6 Å². The van der Waals surface area contributed by atoms with Gasteiger partial charge in [0.05, 0.1) is 7.11 Å². The number of aromatic nitrogens is 1. The van der Waals surface area contributed by atoms with E-state index in [0.717, 1.165) is 29.8 Å². The Morgan fingerprint density at radius 3 is 2.41 bits per heavy atom. The Kier molecular flexibility index (Phi) is 5.67. The minimum Gasteiger partial charge on any atom is -0.496 e. The van der Waals surface area contributed by atoms with Crippen molar-refractivity contribution in [1.82, 2.24) is 9.88 Å². The number of hydrogen-bond donors (Lipinski definition) is 1. The number of para-hydroxylation sites is 1. The molecule has 1 N–H and O–H groups in total. The Hall–Kier alpha value is -3.05. The molecule has 0 radical (unpaired) electrons. The van der Waals surface area contributed by atoms with E-state index in [1.54, 1.807) is 7.11 Å². The lowest BCUT2D eigenvalue weighted by molar-refractivity contribution is 0.0479. The summed E-state index contributed by atoms with van der Waals surface area (Å²) in [6.07, 6.45) is 5.66. The van der Waals surface area contributed by atoms with Crippen LogP contribution >= 0.6 is 0 Å². The molecule has 1 saturated heterocycles. The maximum absolute atomic E-state index is 12.8. The van der Waals surface area contributed by atoms with Gasteiger partial charge in [0, 0.05) is 54.4 Å². The second-order valence-electron chi connectivity index (χ2n) is 7.41. The molecule has 0 spiro atoms. The predicted molar refractivity (Wildman–Crippen MR) is 113 cm³/mol. The summed E-state index contributed by atoms with van der Waals surface area (Å²) in [5, 5.41) is 3.16. The van der Waals surface area contributed by atoms with Crippen molar-refractivity contribution < 1.29 is 14.3 Å². The fraction of sp³-hybridized carbons (Fsp3) is 0.292. The first-order valence-corrected chi connectivity index (χ1v) is 9.95. The van der Waals surface area contributed by atoms with Crippen LogP contribution in [0.25, 0.3) is 5.69 Å². The van der Waals surface area contributed by atoms with Crippen LogP contribution in [0.4, 0.5) is 0 Å². The fourth-order valence-electron chi connectivity index (χ4n) is 4.03. The molecule has 1 aliphatic heterocycles. The van der Waals surface area contributed by atoms with Gasteiger partial charge in [-0.3, -0.25) is 4.79 Å². The van der Waals surface area contributed by atoms with Crippen molar-refractivity contribution in [2.24, 2.45) is 0 Å². The van der Waals surface area contributed by atoms with Crippen LogP contribution in [0.15, 0.2) is 73.1 Å². The third-order valence-corrected chi connectivity index (χ3v) is 5.75. The number of methoxy groups -OCH3 is 1.